The molecule has 0 saturated carbocycles. The van der Waals surface area contributed by atoms with Crippen LogP contribution in [0.1, 0.15) is 17.2 Å². The number of hydrogen-bond donors (Lipinski definition) is 2. The summed E-state index contributed by atoms with van der Waals surface area (Å²) in [7, 11) is 2.08. The van der Waals surface area contributed by atoms with Gasteiger partial charge in [-0.3, -0.25) is 0 Å². The Morgan fingerprint density at radius 3 is 2.21 bits per heavy atom. The first-order valence-electron chi connectivity index (χ1n) is 4.96. The quantitative estimate of drug-likeness (QED) is 0.880. The van der Waals surface area contributed by atoms with Crippen LogP contribution < -0.4 is 9.47 Å². The summed E-state index contributed by atoms with van der Waals surface area (Å²) < 4.78 is 47.7. The number of halogens is 3. The standard InChI is InChI=1S/C11H11F3O5/c1-18-5-3-6(8(15)10(16)17)9(19-2)7(4-5)11(12,13)14/h3-4,8,15H,1-2H3,(H,16,17). The third-order valence-electron chi connectivity index (χ3n) is 2.36. The van der Waals surface area contributed by atoms with E-state index in [2.05, 4.69) is 9.47 Å². The highest BCUT2D eigenvalue weighted by Crippen LogP contribution is 2.42. The topological polar surface area (TPSA) is 76.0 Å². The third kappa shape index (κ3) is 3.08. The van der Waals surface area contributed by atoms with E-state index < -0.39 is 35.1 Å². The fourth-order valence-electron chi connectivity index (χ4n) is 1.52. The molecule has 0 aromatic heterocycles. The molecule has 1 aromatic rings. The van der Waals surface area contributed by atoms with Crippen molar-refractivity contribution in [1.29, 1.82) is 0 Å². The second kappa shape index (κ2) is 5.35. The molecular weight excluding hydrogens is 269 g/mol. The van der Waals surface area contributed by atoms with Crippen LogP contribution in [0.2, 0.25) is 0 Å². The normalized spacial score (nSPS) is 12.9. The zero-order chi connectivity index (χ0) is 14.8. The monoisotopic (exact) mass is 280 g/mol. The fraction of sp³-hybridized carbons (Fsp3) is 0.364. The number of benzene rings is 1. The van der Waals surface area contributed by atoms with Gasteiger partial charge in [-0.25, -0.2) is 4.79 Å². The van der Waals surface area contributed by atoms with Crippen molar-refractivity contribution in [1.82, 2.24) is 0 Å². The number of aliphatic carboxylic acids is 1. The molecule has 0 radical (unpaired) electrons. The van der Waals surface area contributed by atoms with Crippen LogP contribution in [0, 0.1) is 0 Å². The lowest BCUT2D eigenvalue weighted by atomic mass is 10.0. The largest absolute Gasteiger partial charge is 0.497 e. The van der Waals surface area contributed by atoms with Crippen molar-refractivity contribution in [3.63, 3.8) is 0 Å². The van der Waals surface area contributed by atoms with E-state index in [0.29, 0.717) is 6.07 Å². The van der Waals surface area contributed by atoms with E-state index in [1.807, 2.05) is 0 Å². The van der Waals surface area contributed by atoms with Gasteiger partial charge in [-0.15, -0.1) is 0 Å². The Hall–Kier alpha value is -1.96. The number of ether oxygens (including phenoxy) is 2. The summed E-state index contributed by atoms with van der Waals surface area (Å²) in [5.41, 5.74) is -1.74. The lowest BCUT2D eigenvalue weighted by molar-refractivity contribution is -0.147. The smallest absolute Gasteiger partial charge is 0.420 e. The number of methoxy groups -OCH3 is 2. The molecule has 0 heterocycles. The molecule has 106 valence electrons. The lowest BCUT2D eigenvalue weighted by Crippen LogP contribution is -2.15. The van der Waals surface area contributed by atoms with Crippen LogP contribution in [-0.4, -0.2) is 30.4 Å². The number of carboxylic acids is 1. The van der Waals surface area contributed by atoms with Gasteiger partial charge in [0.2, 0.25) is 0 Å². The van der Waals surface area contributed by atoms with Crippen LogP contribution in [0.3, 0.4) is 0 Å². The number of hydrogen-bond acceptors (Lipinski definition) is 4. The summed E-state index contributed by atoms with van der Waals surface area (Å²) in [6.07, 6.45) is -6.92. The molecular formula is C11H11F3O5. The average molecular weight is 280 g/mol. The third-order valence-corrected chi connectivity index (χ3v) is 2.36. The first-order valence-corrected chi connectivity index (χ1v) is 4.96. The molecule has 0 spiro atoms. The minimum Gasteiger partial charge on any atom is -0.497 e. The van der Waals surface area contributed by atoms with Crippen LogP contribution in [0.15, 0.2) is 12.1 Å². The Balaban J connectivity index is 3.57. The molecule has 1 rings (SSSR count). The van der Waals surface area contributed by atoms with Gasteiger partial charge in [0.05, 0.1) is 14.2 Å². The van der Waals surface area contributed by atoms with Gasteiger partial charge in [-0.05, 0) is 12.1 Å². The van der Waals surface area contributed by atoms with Gasteiger partial charge in [-0.1, -0.05) is 0 Å². The highest BCUT2D eigenvalue weighted by atomic mass is 19.4. The molecule has 0 saturated heterocycles. The van der Waals surface area contributed by atoms with Gasteiger partial charge in [0, 0.05) is 5.56 Å². The predicted octanol–water partition coefficient (Wildman–Crippen LogP) is 1.84. The van der Waals surface area contributed by atoms with Gasteiger partial charge in [-0.2, -0.15) is 13.2 Å². The Bertz CT molecular complexity index is 484. The molecule has 19 heavy (non-hydrogen) atoms. The fourth-order valence-corrected chi connectivity index (χ4v) is 1.52. The Kier molecular flexibility index (Phi) is 4.25. The van der Waals surface area contributed by atoms with Crippen LogP contribution in [0.5, 0.6) is 11.5 Å². The van der Waals surface area contributed by atoms with Crippen molar-refractivity contribution in [2.45, 2.75) is 12.3 Å². The number of aliphatic hydroxyl groups is 1. The van der Waals surface area contributed by atoms with Crippen molar-refractivity contribution in [3.05, 3.63) is 23.3 Å². The van der Waals surface area contributed by atoms with Crippen molar-refractivity contribution < 1.29 is 37.7 Å². The van der Waals surface area contributed by atoms with E-state index in [1.165, 1.54) is 0 Å². The van der Waals surface area contributed by atoms with Gasteiger partial charge >= 0.3 is 12.1 Å². The summed E-state index contributed by atoms with van der Waals surface area (Å²) in [6, 6.07) is 1.64. The van der Waals surface area contributed by atoms with Crippen LogP contribution >= 0.6 is 0 Å². The highest BCUT2D eigenvalue weighted by molar-refractivity contribution is 5.76. The maximum atomic E-state index is 12.8. The molecule has 1 aromatic carbocycles. The maximum absolute atomic E-state index is 12.8. The number of alkyl halides is 3. The molecule has 5 nitrogen and oxygen atoms in total. The van der Waals surface area contributed by atoms with Crippen LogP contribution in [0.25, 0.3) is 0 Å². The molecule has 8 heteroatoms. The van der Waals surface area contributed by atoms with E-state index in [1.54, 1.807) is 0 Å². The molecule has 1 unspecified atom stereocenters. The highest BCUT2D eigenvalue weighted by Gasteiger charge is 2.38. The first kappa shape index (κ1) is 15.1. The van der Waals surface area contributed by atoms with Crippen LogP contribution in [-0.2, 0) is 11.0 Å². The van der Waals surface area contributed by atoms with Crippen molar-refractivity contribution in [2.75, 3.05) is 14.2 Å². The van der Waals surface area contributed by atoms with Crippen molar-refractivity contribution in [3.8, 4) is 11.5 Å². The number of aliphatic hydroxyl groups excluding tert-OH is 1. The Labute approximate surface area is 106 Å². The minimum atomic E-state index is -4.77. The summed E-state index contributed by atoms with van der Waals surface area (Å²) in [4.78, 5) is 10.7. The second-order valence-corrected chi connectivity index (χ2v) is 3.54. The molecule has 2 N–H and O–H groups in total. The van der Waals surface area contributed by atoms with E-state index in [0.717, 1.165) is 20.3 Å². The number of carbonyl (C=O) groups is 1. The molecule has 0 aliphatic heterocycles. The first-order chi connectivity index (χ1) is 8.72. The molecule has 0 amide bonds. The number of carboxylic acid groups (broad SMARTS) is 1. The Morgan fingerprint density at radius 2 is 1.84 bits per heavy atom. The lowest BCUT2D eigenvalue weighted by Gasteiger charge is -2.18. The van der Waals surface area contributed by atoms with Crippen molar-refractivity contribution in [2.24, 2.45) is 0 Å². The SMILES string of the molecule is COc1cc(C(O)C(=O)O)c(OC)c(C(F)(F)F)c1. The van der Waals surface area contributed by atoms with Gasteiger partial charge < -0.3 is 19.7 Å². The molecule has 0 fully saturated rings. The van der Waals surface area contributed by atoms with E-state index in [-0.39, 0.29) is 5.75 Å². The zero-order valence-electron chi connectivity index (χ0n) is 9.99. The van der Waals surface area contributed by atoms with Gasteiger partial charge in [0.25, 0.3) is 0 Å². The molecule has 1 atom stereocenters. The van der Waals surface area contributed by atoms with Gasteiger partial charge in [0.1, 0.15) is 17.1 Å². The summed E-state index contributed by atoms with van der Waals surface area (Å²) in [5, 5.41) is 18.1. The number of rotatable bonds is 4. The zero-order valence-corrected chi connectivity index (χ0v) is 9.99. The van der Waals surface area contributed by atoms with E-state index in [9.17, 15) is 23.1 Å². The second-order valence-electron chi connectivity index (χ2n) is 3.54. The van der Waals surface area contributed by atoms with E-state index in [4.69, 9.17) is 5.11 Å². The average Bonchev–Trinajstić information content (AvgIpc) is 2.34. The summed E-state index contributed by atoms with van der Waals surface area (Å²) in [6.45, 7) is 0. The Morgan fingerprint density at radius 1 is 1.26 bits per heavy atom. The maximum Gasteiger partial charge on any atom is 0.420 e. The predicted molar refractivity (Wildman–Crippen MR) is 57.1 cm³/mol. The molecule has 0 aliphatic rings. The van der Waals surface area contributed by atoms with Crippen molar-refractivity contribution >= 4 is 5.97 Å². The van der Waals surface area contributed by atoms with Crippen LogP contribution in [0.4, 0.5) is 13.2 Å². The molecule has 0 bridgehead atoms. The molecule has 0 aliphatic carbocycles. The van der Waals surface area contributed by atoms with Gasteiger partial charge in [0.15, 0.2) is 6.10 Å². The van der Waals surface area contributed by atoms with E-state index >= 15 is 0 Å². The summed E-state index contributed by atoms with van der Waals surface area (Å²) in [5.74, 6) is -2.67. The summed E-state index contributed by atoms with van der Waals surface area (Å²) >= 11 is 0. The minimum absolute atomic E-state index is 0.233.